The van der Waals surface area contributed by atoms with E-state index in [0.29, 0.717) is 23.3 Å². The molecule has 0 N–H and O–H groups in total. The zero-order chi connectivity index (χ0) is 21.4. The summed E-state index contributed by atoms with van der Waals surface area (Å²) in [5, 5.41) is 1.18. The number of benzene rings is 1. The Balaban J connectivity index is 1.97. The van der Waals surface area contributed by atoms with Crippen LogP contribution in [0.5, 0.6) is 11.6 Å². The van der Waals surface area contributed by atoms with E-state index in [1.54, 1.807) is 6.92 Å². The maximum Gasteiger partial charge on any atom is 0.425 e. The van der Waals surface area contributed by atoms with Crippen LogP contribution in [-0.4, -0.2) is 9.97 Å². The fourth-order valence-electron chi connectivity index (χ4n) is 2.39. The molecule has 0 bridgehead atoms. The number of ether oxygens (including phenoxy) is 1. The van der Waals surface area contributed by atoms with E-state index in [1.165, 1.54) is 17.5 Å². The highest BCUT2D eigenvalue weighted by molar-refractivity contribution is 7.10. The second-order valence-corrected chi connectivity index (χ2v) is 7.07. The molecule has 0 radical (unpaired) electrons. The van der Waals surface area contributed by atoms with Gasteiger partial charge in [-0.2, -0.15) is 31.3 Å². The molecule has 0 atom stereocenters. The molecule has 0 aliphatic rings. The summed E-state index contributed by atoms with van der Waals surface area (Å²) in [6.07, 6.45) is -8.67. The van der Waals surface area contributed by atoms with Crippen molar-refractivity contribution in [3.05, 3.63) is 56.9 Å². The third-order valence-corrected chi connectivity index (χ3v) is 5.08. The number of rotatable bonds is 4. The van der Waals surface area contributed by atoms with Gasteiger partial charge in [0.25, 0.3) is 0 Å². The zero-order valence-corrected chi connectivity index (χ0v) is 16.1. The molecule has 2 aromatic heterocycles. The Morgan fingerprint density at radius 2 is 1.66 bits per heavy atom. The quantitative estimate of drug-likeness (QED) is 0.309. The second-order valence-electron chi connectivity index (χ2n) is 5.80. The molecule has 3 aromatic rings. The van der Waals surface area contributed by atoms with E-state index in [-0.39, 0.29) is 28.2 Å². The molecule has 1 aromatic carbocycles. The molecule has 0 fully saturated rings. The summed E-state index contributed by atoms with van der Waals surface area (Å²) >= 11 is 6.61. The van der Waals surface area contributed by atoms with Crippen molar-refractivity contribution in [1.29, 1.82) is 0 Å². The maximum atomic E-state index is 12.8. The molecule has 29 heavy (non-hydrogen) atoms. The molecule has 0 aliphatic heterocycles. The Morgan fingerprint density at radius 3 is 2.17 bits per heavy atom. The zero-order valence-electron chi connectivity index (χ0n) is 14.5. The van der Waals surface area contributed by atoms with Crippen LogP contribution in [-0.2, 0) is 18.8 Å². The number of nitrogens with zero attached hydrogens (tertiary/aromatic N) is 2. The minimum Gasteiger partial charge on any atom is -0.438 e. The van der Waals surface area contributed by atoms with Crippen molar-refractivity contribution in [1.82, 2.24) is 9.97 Å². The van der Waals surface area contributed by atoms with Crippen LogP contribution < -0.4 is 4.74 Å². The fourth-order valence-corrected chi connectivity index (χ4v) is 3.36. The van der Waals surface area contributed by atoms with E-state index in [1.807, 2.05) is 0 Å². The third-order valence-electron chi connectivity index (χ3n) is 3.81. The predicted molar refractivity (Wildman–Crippen MR) is 96.3 cm³/mol. The van der Waals surface area contributed by atoms with E-state index in [4.69, 9.17) is 16.3 Å². The highest BCUT2D eigenvalue weighted by atomic mass is 35.5. The molecule has 3 nitrogen and oxygen atoms in total. The van der Waals surface area contributed by atoms with Crippen molar-refractivity contribution >= 4 is 22.9 Å². The first kappa shape index (κ1) is 21.4. The van der Waals surface area contributed by atoms with Gasteiger partial charge in [-0.1, -0.05) is 30.7 Å². The summed E-state index contributed by atoms with van der Waals surface area (Å²) in [5.41, 5.74) is -0.234. The van der Waals surface area contributed by atoms with Crippen molar-refractivity contribution in [3.8, 4) is 23.0 Å². The molecular formula is C18H11ClF6N2OS. The Labute approximate surface area is 169 Å². The Bertz CT molecular complexity index is 1010. The van der Waals surface area contributed by atoms with Crippen molar-refractivity contribution in [3.63, 3.8) is 0 Å². The monoisotopic (exact) mass is 452 g/mol. The van der Waals surface area contributed by atoms with Crippen LogP contribution in [0.3, 0.4) is 0 Å². The lowest BCUT2D eigenvalue weighted by Crippen LogP contribution is -2.04. The number of alkyl halides is 6. The first-order valence-electron chi connectivity index (χ1n) is 8.06. The number of halogens is 7. The first-order valence-corrected chi connectivity index (χ1v) is 9.32. The molecule has 11 heteroatoms. The standard InChI is InChI=1S/C18H11ClF6N2OS/c1-2-12-14(19)26-15(9-3-5-10(6-4-9)17(20,21)22)27-16(12)28-11-7-13(29-8-11)18(23,24)25/h3-8H,2H2,1H3. The first-order chi connectivity index (χ1) is 13.5. The number of thiophene rings is 1. The SMILES string of the molecule is CCc1c(Cl)nc(-c2ccc(C(F)(F)F)cc2)nc1Oc1csc(C(F)(F)F)c1. The highest BCUT2D eigenvalue weighted by Gasteiger charge is 2.33. The fraction of sp³-hybridized carbons (Fsp3) is 0.222. The number of hydrogen-bond acceptors (Lipinski definition) is 4. The minimum absolute atomic E-state index is 0.00123. The Kier molecular flexibility index (Phi) is 5.77. The molecule has 0 spiro atoms. The van der Waals surface area contributed by atoms with E-state index < -0.39 is 22.8 Å². The van der Waals surface area contributed by atoms with Gasteiger partial charge in [-0.15, -0.1) is 11.3 Å². The van der Waals surface area contributed by atoms with Gasteiger partial charge in [0, 0.05) is 17.0 Å². The van der Waals surface area contributed by atoms with Gasteiger partial charge in [-0.3, -0.25) is 0 Å². The lowest BCUT2D eigenvalue weighted by Gasteiger charge is -2.12. The smallest absolute Gasteiger partial charge is 0.425 e. The average molecular weight is 453 g/mol. The van der Waals surface area contributed by atoms with Crippen LogP contribution in [0.4, 0.5) is 26.3 Å². The van der Waals surface area contributed by atoms with Crippen molar-refractivity contribution in [2.75, 3.05) is 0 Å². The van der Waals surface area contributed by atoms with Crippen molar-refractivity contribution in [2.24, 2.45) is 0 Å². The van der Waals surface area contributed by atoms with E-state index in [2.05, 4.69) is 9.97 Å². The van der Waals surface area contributed by atoms with E-state index in [9.17, 15) is 26.3 Å². The van der Waals surface area contributed by atoms with E-state index in [0.717, 1.165) is 18.2 Å². The van der Waals surface area contributed by atoms with Crippen LogP contribution in [0, 0.1) is 0 Å². The van der Waals surface area contributed by atoms with Gasteiger partial charge in [0.15, 0.2) is 5.82 Å². The number of hydrogen-bond donors (Lipinski definition) is 0. The summed E-state index contributed by atoms with van der Waals surface area (Å²) < 4.78 is 82.0. The molecule has 0 unspecified atom stereocenters. The van der Waals surface area contributed by atoms with Gasteiger partial charge < -0.3 is 4.74 Å². The summed E-state index contributed by atoms with van der Waals surface area (Å²) in [7, 11) is 0. The van der Waals surface area contributed by atoms with Gasteiger partial charge in [0.05, 0.1) is 11.1 Å². The summed E-state index contributed by atoms with van der Waals surface area (Å²) in [6, 6.07) is 4.93. The molecule has 0 saturated heterocycles. The van der Waals surface area contributed by atoms with Crippen molar-refractivity contribution < 1.29 is 31.1 Å². The summed E-state index contributed by atoms with van der Waals surface area (Å²) in [4.78, 5) is 7.39. The summed E-state index contributed by atoms with van der Waals surface area (Å²) in [5.74, 6) is -0.152. The van der Waals surface area contributed by atoms with Crippen LogP contribution in [0.1, 0.15) is 22.9 Å². The molecule has 2 heterocycles. The highest BCUT2D eigenvalue weighted by Crippen LogP contribution is 2.39. The topological polar surface area (TPSA) is 35.0 Å². The Morgan fingerprint density at radius 1 is 1.00 bits per heavy atom. The Hall–Kier alpha value is -2.33. The third kappa shape index (κ3) is 4.81. The predicted octanol–water partition coefficient (Wildman–Crippen LogP) is 7.25. The van der Waals surface area contributed by atoms with Gasteiger partial charge in [-0.05, 0) is 18.6 Å². The van der Waals surface area contributed by atoms with E-state index >= 15 is 0 Å². The number of aromatic nitrogens is 2. The van der Waals surface area contributed by atoms with Crippen molar-refractivity contribution in [2.45, 2.75) is 25.7 Å². The lowest BCUT2D eigenvalue weighted by atomic mass is 10.1. The molecule has 0 aliphatic carbocycles. The molecule has 154 valence electrons. The van der Waals surface area contributed by atoms with Crippen LogP contribution in [0.2, 0.25) is 5.15 Å². The van der Waals surface area contributed by atoms with Gasteiger partial charge in [-0.25, -0.2) is 4.98 Å². The molecule has 0 saturated carbocycles. The second kappa shape index (κ2) is 7.83. The van der Waals surface area contributed by atoms with Crippen LogP contribution in [0.15, 0.2) is 35.7 Å². The largest absolute Gasteiger partial charge is 0.438 e. The summed E-state index contributed by atoms with van der Waals surface area (Å²) in [6.45, 7) is 1.73. The minimum atomic E-state index is -4.51. The van der Waals surface area contributed by atoms with Crippen LogP contribution >= 0.6 is 22.9 Å². The maximum absolute atomic E-state index is 12.8. The normalized spacial score (nSPS) is 12.3. The van der Waals surface area contributed by atoms with Gasteiger partial charge >= 0.3 is 12.4 Å². The molecular weight excluding hydrogens is 442 g/mol. The lowest BCUT2D eigenvalue weighted by molar-refractivity contribution is -0.137. The van der Waals surface area contributed by atoms with Crippen LogP contribution in [0.25, 0.3) is 11.4 Å². The van der Waals surface area contributed by atoms with Gasteiger partial charge in [0.2, 0.25) is 5.88 Å². The molecule has 3 rings (SSSR count). The average Bonchev–Trinajstić information content (AvgIpc) is 3.10. The molecule has 0 amide bonds. The van der Waals surface area contributed by atoms with Gasteiger partial charge in [0.1, 0.15) is 15.8 Å².